The lowest BCUT2D eigenvalue weighted by atomic mass is 10.2. The van der Waals surface area contributed by atoms with Crippen LogP contribution in [0.3, 0.4) is 0 Å². The van der Waals surface area contributed by atoms with Crippen molar-refractivity contribution in [2.24, 2.45) is 0 Å². The second-order valence-corrected chi connectivity index (χ2v) is 10.1. The molecule has 0 radical (unpaired) electrons. The summed E-state index contributed by atoms with van der Waals surface area (Å²) < 4.78 is 5.04. The van der Waals surface area contributed by atoms with E-state index in [1.54, 1.807) is 35.7 Å². The van der Waals surface area contributed by atoms with Gasteiger partial charge in [0.25, 0.3) is 5.24 Å². The molecule has 2 amide bonds. The number of hydrogen-bond acceptors (Lipinski definition) is 6. The van der Waals surface area contributed by atoms with Crippen LogP contribution in [-0.4, -0.2) is 24.2 Å². The van der Waals surface area contributed by atoms with E-state index >= 15 is 0 Å². The average molecular weight is 499 g/mol. The molecule has 172 valence electrons. The molecule has 0 bridgehead atoms. The molecule has 0 saturated carbocycles. The van der Waals surface area contributed by atoms with Gasteiger partial charge >= 0.3 is 6.09 Å². The van der Waals surface area contributed by atoms with E-state index in [1.165, 1.54) is 9.79 Å². The normalized spacial score (nSPS) is 10.5. The molecule has 3 rings (SSSR count). The zero-order valence-electron chi connectivity index (χ0n) is 18.7. The first-order valence-electron chi connectivity index (χ1n) is 10.4. The van der Waals surface area contributed by atoms with Crippen molar-refractivity contribution < 1.29 is 14.3 Å². The van der Waals surface area contributed by atoms with Crippen LogP contribution < -0.4 is 10.6 Å². The van der Waals surface area contributed by atoms with Crippen LogP contribution in [0.15, 0.2) is 86.3 Å². The Kier molecular flexibility index (Phi) is 9.60. The smallest absolute Gasteiger partial charge is 0.411 e. The first kappa shape index (κ1) is 25.1. The largest absolute Gasteiger partial charge is 0.449 e. The number of hydrogen-bond donors (Lipinski definition) is 2. The Bertz CT molecular complexity index is 1090. The highest BCUT2D eigenvalue weighted by molar-refractivity contribution is 8.14. The van der Waals surface area contributed by atoms with Crippen LogP contribution in [0, 0.1) is 6.92 Å². The molecule has 0 aliphatic rings. The minimum absolute atomic E-state index is 0.197. The van der Waals surface area contributed by atoms with E-state index in [1.807, 2.05) is 44.2 Å². The van der Waals surface area contributed by atoms with Gasteiger partial charge in [0.1, 0.15) is 0 Å². The standard InChI is InChI=1S/C25H26N2O3S3/c1-4-15-30-24(28)26-18-6-5-17(2)23(16-18)27-25(29)33-22-13-11-21(12-14-22)32-20-9-7-19(31-3)8-10-20/h5-14,16H,4,15H2,1-3H3,(H,26,28)(H,27,29). The van der Waals surface area contributed by atoms with Gasteiger partial charge in [-0.1, -0.05) is 24.8 Å². The van der Waals surface area contributed by atoms with Gasteiger partial charge in [0.05, 0.1) is 6.61 Å². The molecule has 0 spiro atoms. The summed E-state index contributed by atoms with van der Waals surface area (Å²) in [6.07, 6.45) is 2.31. The molecular formula is C25H26N2O3S3. The zero-order chi connectivity index (χ0) is 23.6. The fourth-order valence-corrected chi connectivity index (χ4v) is 4.65. The molecule has 0 saturated heterocycles. The Morgan fingerprint density at radius 1 is 0.848 bits per heavy atom. The van der Waals surface area contributed by atoms with Crippen LogP contribution in [0.4, 0.5) is 21.0 Å². The van der Waals surface area contributed by atoms with E-state index in [0.29, 0.717) is 18.0 Å². The highest BCUT2D eigenvalue weighted by Crippen LogP contribution is 2.31. The van der Waals surface area contributed by atoms with Gasteiger partial charge in [0.2, 0.25) is 0 Å². The fourth-order valence-electron chi connectivity index (χ4n) is 2.78. The van der Waals surface area contributed by atoms with E-state index in [-0.39, 0.29) is 5.24 Å². The number of carbonyl (C=O) groups is 2. The summed E-state index contributed by atoms with van der Waals surface area (Å²) in [6.45, 7) is 4.19. The third-order valence-electron chi connectivity index (χ3n) is 4.49. The van der Waals surface area contributed by atoms with Gasteiger partial charge in [-0.2, -0.15) is 0 Å². The molecule has 0 aromatic heterocycles. The number of aryl methyl sites for hydroxylation is 1. The van der Waals surface area contributed by atoms with E-state index in [9.17, 15) is 9.59 Å². The number of thioether (sulfide) groups is 2. The Balaban J connectivity index is 1.56. The summed E-state index contributed by atoms with van der Waals surface area (Å²) in [4.78, 5) is 28.7. The number of rotatable bonds is 8. The summed E-state index contributed by atoms with van der Waals surface area (Å²) in [5.74, 6) is 0. The summed E-state index contributed by atoms with van der Waals surface area (Å²) in [5.41, 5.74) is 2.10. The topological polar surface area (TPSA) is 67.4 Å². The number of anilines is 2. The van der Waals surface area contributed by atoms with Gasteiger partial charge in [0, 0.05) is 31.0 Å². The van der Waals surface area contributed by atoms with E-state index in [2.05, 4.69) is 41.2 Å². The van der Waals surface area contributed by atoms with Gasteiger partial charge < -0.3 is 10.1 Å². The number of benzene rings is 3. The SMILES string of the molecule is CCCOC(=O)Nc1ccc(C)c(NC(=O)Sc2ccc(Sc3ccc(SC)cc3)cc2)c1. The lowest BCUT2D eigenvalue weighted by Crippen LogP contribution is -2.14. The van der Waals surface area contributed by atoms with Crippen molar-refractivity contribution in [1.82, 2.24) is 0 Å². The second kappa shape index (κ2) is 12.6. The van der Waals surface area contributed by atoms with Crippen molar-refractivity contribution in [3.05, 3.63) is 72.3 Å². The van der Waals surface area contributed by atoms with Crippen LogP contribution in [-0.2, 0) is 4.74 Å². The van der Waals surface area contributed by atoms with Gasteiger partial charge in [-0.05, 0) is 97.6 Å². The van der Waals surface area contributed by atoms with E-state index < -0.39 is 6.09 Å². The predicted molar refractivity (Wildman–Crippen MR) is 140 cm³/mol. The highest BCUT2D eigenvalue weighted by Gasteiger charge is 2.10. The second-order valence-electron chi connectivity index (χ2n) is 7.05. The predicted octanol–water partition coefficient (Wildman–Crippen LogP) is 8.15. The van der Waals surface area contributed by atoms with E-state index in [4.69, 9.17) is 4.74 Å². The summed E-state index contributed by atoms with van der Waals surface area (Å²) in [5, 5.41) is 5.39. The first-order valence-corrected chi connectivity index (χ1v) is 13.3. The molecule has 0 atom stereocenters. The van der Waals surface area contributed by atoms with Gasteiger partial charge in [-0.15, -0.1) is 11.8 Å². The van der Waals surface area contributed by atoms with Crippen LogP contribution in [0.1, 0.15) is 18.9 Å². The Labute approximate surface area is 207 Å². The number of amides is 2. The summed E-state index contributed by atoms with van der Waals surface area (Å²) in [6, 6.07) is 21.7. The Morgan fingerprint density at radius 2 is 1.45 bits per heavy atom. The molecule has 0 fully saturated rings. The minimum Gasteiger partial charge on any atom is -0.449 e. The third kappa shape index (κ3) is 8.07. The molecular weight excluding hydrogens is 472 g/mol. The summed E-state index contributed by atoms with van der Waals surface area (Å²) in [7, 11) is 0. The lowest BCUT2D eigenvalue weighted by Gasteiger charge is -2.11. The fraction of sp³-hybridized carbons (Fsp3) is 0.200. The Morgan fingerprint density at radius 3 is 2.06 bits per heavy atom. The molecule has 5 nitrogen and oxygen atoms in total. The van der Waals surface area contributed by atoms with Crippen LogP contribution in [0.2, 0.25) is 0 Å². The van der Waals surface area contributed by atoms with Crippen molar-refractivity contribution in [2.75, 3.05) is 23.5 Å². The number of carbonyl (C=O) groups excluding carboxylic acids is 2. The monoisotopic (exact) mass is 498 g/mol. The number of ether oxygens (including phenoxy) is 1. The summed E-state index contributed by atoms with van der Waals surface area (Å²) >= 11 is 4.53. The van der Waals surface area contributed by atoms with Crippen LogP contribution >= 0.6 is 35.3 Å². The third-order valence-corrected chi connectivity index (χ3v) is 7.04. The number of nitrogens with one attached hydrogen (secondary N) is 2. The first-order chi connectivity index (χ1) is 16.0. The molecule has 2 N–H and O–H groups in total. The molecule has 0 aliphatic carbocycles. The van der Waals surface area contributed by atoms with Gasteiger partial charge in [-0.25, -0.2) is 4.79 Å². The minimum atomic E-state index is -0.509. The molecule has 33 heavy (non-hydrogen) atoms. The van der Waals surface area contributed by atoms with Crippen LogP contribution in [0.25, 0.3) is 0 Å². The average Bonchev–Trinajstić information content (AvgIpc) is 2.81. The van der Waals surface area contributed by atoms with E-state index in [0.717, 1.165) is 33.5 Å². The van der Waals surface area contributed by atoms with Crippen LogP contribution in [0.5, 0.6) is 0 Å². The molecule has 0 aliphatic heterocycles. The molecule has 0 unspecified atom stereocenters. The zero-order valence-corrected chi connectivity index (χ0v) is 21.2. The highest BCUT2D eigenvalue weighted by atomic mass is 32.2. The maximum absolute atomic E-state index is 12.6. The van der Waals surface area contributed by atoms with Crippen molar-refractivity contribution in [2.45, 2.75) is 39.9 Å². The molecule has 3 aromatic carbocycles. The van der Waals surface area contributed by atoms with Crippen molar-refractivity contribution in [3.8, 4) is 0 Å². The Hall–Kier alpha value is -2.55. The quantitative estimate of drug-likeness (QED) is 0.305. The van der Waals surface area contributed by atoms with Gasteiger partial charge in [0.15, 0.2) is 0 Å². The molecule has 3 aromatic rings. The van der Waals surface area contributed by atoms with Crippen molar-refractivity contribution >= 4 is 58.0 Å². The lowest BCUT2D eigenvalue weighted by molar-refractivity contribution is 0.161. The maximum Gasteiger partial charge on any atom is 0.411 e. The maximum atomic E-state index is 12.6. The van der Waals surface area contributed by atoms with Crippen molar-refractivity contribution in [3.63, 3.8) is 0 Å². The molecule has 8 heteroatoms. The molecule has 0 heterocycles. The van der Waals surface area contributed by atoms with Crippen molar-refractivity contribution in [1.29, 1.82) is 0 Å². The van der Waals surface area contributed by atoms with Gasteiger partial charge in [-0.3, -0.25) is 10.1 Å².